The molecular formula is C8H10IN3O. The Hall–Kier alpha value is -0.820. The first-order chi connectivity index (χ1) is 6.11. The highest BCUT2D eigenvalue weighted by atomic mass is 127. The topological polar surface area (TPSA) is 72.4 Å². The summed E-state index contributed by atoms with van der Waals surface area (Å²) in [6, 6.07) is 7.05. The Balaban J connectivity index is 2.74. The van der Waals surface area contributed by atoms with Gasteiger partial charge >= 0.3 is 6.03 Å². The van der Waals surface area contributed by atoms with Gasteiger partial charge in [0.1, 0.15) is 0 Å². The molecule has 4 nitrogen and oxygen atoms in total. The third kappa shape index (κ3) is 2.85. The van der Waals surface area contributed by atoms with E-state index in [0.717, 1.165) is 14.1 Å². The molecule has 0 unspecified atom stereocenters. The molecule has 5 heteroatoms. The fraction of sp³-hybridized carbons (Fsp3) is 0.125. The van der Waals surface area contributed by atoms with E-state index in [1.54, 1.807) is 0 Å². The molecule has 70 valence electrons. The van der Waals surface area contributed by atoms with Crippen LogP contribution in [0.1, 0.15) is 5.56 Å². The average molecular weight is 291 g/mol. The molecule has 0 aliphatic rings. The van der Waals surface area contributed by atoms with Gasteiger partial charge in [-0.2, -0.15) is 0 Å². The van der Waals surface area contributed by atoms with E-state index in [2.05, 4.69) is 22.6 Å². The van der Waals surface area contributed by atoms with E-state index in [9.17, 15) is 4.79 Å². The van der Waals surface area contributed by atoms with E-state index in [1.807, 2.05) is 24.3 Å². The number of rotatable bonds is 2. The molecule has 0 aromatic heterocycles. The van der Waals surface area contributed by atoms with E-state index < -0.39 is 6.03 Å². The molecular weight excluding hydrogens is 281 g/mol. The number of primary amides is 1. The molecule has 0 aliphatic carbocycles. The van der Waals surface area contributed by atoms with Crippen molar-refractivity contribution in [1.82, 2.24) is 5.01 Å². The molecule has 0 spiro atoms. The molecule has 2 amide bonds. The monoisotopic (exact) mass is 291 g/mol. The minimum Gasteiger partial charge on any atom is -0.350 e. The zero-order valence-electron chi connectivity index (χ0n) is 6.90. The number of benzene rings is 1. The fourth-order valence-electron chi connectivity index (χ4n) is 0.888. The normalized spacial score (nSPS) is 9.69. The van der Waals surface area contributed by atoms with Crippen molar-refractivity contribution in [3.05, 3.63) is 33.4 Å². The predicted octanol–water partition coefficient (Wildman–Crippen LogP) is 1.05. The highest BCUT2D eigenvalue weighted by molar-refractivity contribution is 14.1. The summed E-state index contributed by atoms with van der Waals surface area (Å²) >= 11 is 2.18. The molecule has 0 heterocycles. The second-order valence-electron chi connectivity index (χ2n) is 2.56. The molecule has 0 aliphatic heterocycles. The van der Waals surface area contributed by atoms with Crippen LogP contribution in [0.25, 0.3) is 0 Å². The van der Waals surface area contributed by atoms with Gasteiger partial charge in [-0.05, 0) is 34.2 Å². The fourth-order valence-corrected chi connectivity index (χ4v) is 1.45. The molecule has 4 N–H and O–H groups in total. The first-order valence-corrected chi connectivity index (χ1v) is 4.74. The Bertz CT molecular complexity index is 316. The van der Waals surface area contributed by atoms with E-state index in [1.165, 1.54) is 0 Å². The summed E-state index contributed by atoms with van der Waals surface area (Å²) in [4.78, 5) is 10.6. The number of amides is 2. The highest BCUT2D eigenvalue weighted by Gasteiger charge is 2.06. The quantitative estimate of drug-likeness (QED) is 0.370. The largest absolute Gasteiger partial charge is 0.350 e. The average Bonchev–Trinajstić information content (AvgIpc) is 2.08. The smallest absolute Gasteiger partial charge is 0.329 e. The Labute approximate surface area is 90.0 Å². The van der Waals surface area contributed by atoms with Crippen LogP contribution in [0.4, 0.5) is 4.79 Å². The van der Waals surface area contributed by atoms with Crippen molar-refractivity contribution in [3.63, 3.8) is 0 Å². The van der Waals surface area contributed by atoms with Gasteiger partial charge in [0, 0.05) is 3.57 Å². The summed E-state index contributed by atoms with van der Waals surface area (Å²) in [6.07, 6.45) is 0. The summed E-state index contributed by atoms with van der Waals surface area (Å²) in [5.41, 5.74) is 5.98. The number of hydrogen-bond donors (Lipinski definition) is 2. The van der Waals surface area contributed by atoms with Crippen molar-refractivity contribution < 1.29 is 4.79 Å². The van der Waals surface area contributed by atoms with E-state index in [-0.39, 0.29) is 0 Å². The summed E-state index contributed by atoms with van der Waals surface area (Å²) in [5.74, 6) is 5.37. The van der Waals surface area contributed by atoms with E-state index in [4.69, 9.17) is 11.6 Å². The van der Waals surface area contributed by atoms with Crippen molar-refractivity contribution >= 4 is 28.6 Å². The molecule has 0 radical (unpaired) electrons. The SMILES string of the molecule is NC(=O)N(N)Cc1ccccc1I. The van der Waals surface area contributed by atoms with Gasteiger partial charge in [0.05, 0.1) is 6.54 Å². The summed E-state index contributed by atoms with van der Waals surface area (Å²) in [6.45, 7) is 0.342. The maximum atomic E-state index is 10.6. The molecule has 0 saturated carbocycles. The first kappa shape index (κ1) is 10.3. The zero-order chi connectivity index (χ0) is 9.84. The number of carbonyl (C=O) groups excluding carboxylic acids is 1. The van der Waals surface area contributed by atoms with Crippen LogP contribution < -0.4 is 11.6 Å². The van der Waals surface area contributed by atoms with Gasteiger partial charge in [0.25, 0.3) is 0 Å². The van der Waals surface area contributed by atoms with Crippen LogP contribution in [0, 0.1) is 3.57 Å². The third-order valence-corrected chi connectivity index (χ3v) is 2.63. The highest BCUT2D eigenvalue weighted by Crippen LogP contribution is 2.12. The number of nitrogens with zero attached hydrogens (tertiary/aromatic N) is 1. The van der Waals surface area contributed by atoms with Gasteiger partial charge < -0.3 is 5.73 Å². The molecule has 1 aromatic rings. The van der Waals surface area contributed by atoms with Crippen LogP contribution in [0.3, 0.4) is 0 Å². The third-order valence-electron chi connectivity index (χ3n) is 1.58. The van der Waals surface area contributed by atoms with Crippen molar-refractivity contribution in [3.8, 4) is 0 Å². The number of urea groups is 1. The van der Waals surface area contributed by atoms with Crippen molar-refractivity contribution in [2.45, 2.75) is 6.54 Å². The Morgan fingerprint density at radius 1 is 1.46 bits per heavy atom. The number of carbonyl (C=O) groups is 1. The standard InChI is InChI=1S/C8H10IN3O/c9-7-4-2-1-3-6(7)5-12(11)8(10)13/h1-4H,5,11H2,(H2,10,13). The molecule has 1 aromatic carbocycles. The lowest BCUT2D eigenvalue weighted by Crippen LogP contribution is -2.40. The van der Waals surface area contributed by atoms with Gasteiger partial charge in [-0.25, -0.2) is 10.6 Å². The summed E-state index contributed by atoms with van der Waals surface area (Å²) in [5, 5.41) is 0.984. The van der Waals surface area contributed by atoms with Gasteiger partial charge in [0.2, 0.25) is 0 Å². The van der Waals surface area contributed by atoms with Gasteiger partial charge in [-0.1, -0.05) is 18.2 Å². The molecule has 13 heavy (non-hydrogen) atoms. The molecule has 0 bridgehead atoms. The van der Waals surface area contributed by atoms with Crippen LogP contribution in [0.15, 0.2) is 24.3 Å². The minimum absolute atomic E-state index is 0.342. The van der Waals surface area contributed by atoms with Crippen molar-refractivity contribution in [1.29, 1.82) is 0 Å². The van der Waals surface area contributed by atoms with Crippen molar-refractivity contribution in [2.75, 3.05) is 0 Å². The molecule has 0 saturated heterocycles. The van der Waals surface area contributed by atoms with Crippen LogP contribution in [0.2, 0.25) is 0 Å². The van der Waals surface area contributed by atoms with Gasteiger partial charge in [-0.3, -0.25) is 5.01 Å². The second kappa shape index (κ2) is 4.43. The van der Waals surface area contributed by atoms with Crippen LogP contribution in [0.5, 0.6) is 0 Å². The molecule has 0 atom stereocenters. The Morgan fingerprint density at radius 2 is 2.08 bits per heavy atom. The minimum atomic E-state index is -0.625. The Morgan fingerprint density at radius 3 is 2.62 bits per heavy atom. The van der Waals surface area contributed by atoms with E-state index >= 15 is 0 Å². The lowest BCUT2D eigenvalue weighted by atomic mass is 10.2. The van der Waals surface area contributed by atoms with Crippen LogP contribution >= 0.6 is 22.6 Å². The number of hydrogen-bond acceptors (Lipinski definition) is 2. The van der Waals surface area contributed by atoms with Crippen LogP contribution in [-0.2, 0) is 6.54 Å². The predicted molar refractivity (Wildman–Crippen MR) is 58.5 cm³/mol. The van der Waals surface area contributed by atoms with E-state index in [0.29, 0.717) is 6.54 Å². The summed E-state index contributed by atoms with van der Waals surface area (Å²) < 4.78 is 1.07. The maximum absolute atomic E-state index is 10.6. The van der Waals surface area contributed by atoms with Crippen molar-refractivity contribution in [2.24, 2.45) is 11.6 Å². The van der Waals surface area contributed by atoms with Crippen LogP contribution in [-0.4, -0.2) is 11.0 Å². The number of nitrogens with two attached hydrogens (primary N) is 2. The summed E-state index contributed by atoms with van der Waals surface area (Å²) in [7, 11) is 0. The lowest BCUT2D eigenvalue weighted by molar-refractivity contribution is 0.206. The molecule has 1 rings (SSSR count). The van der Waals surface area contributed by atoms with Gasteiger partial charge in [0.15, 0.2) is 0 Å². The number of hydrazine groups is 1. The zero-order valence-corrected chi connectivity index (χ0v) is 9.06. The molecule has 0 fully saturated rings. The first-order valence-electron chi connectivity index (χ1n) is 3.66. The lowest BCUT2D eigenvalue weighted by Gasteiger charge is -2.14. The second-order valence-corrected chi connectivity index (χ2v) is 3.72. The Kier molecular flexibility index (Phi) is 3.49. The maximum Gasteiger partial charge on any atom is 0.329 e. The van der Waals surface area contributed by atoms with Gasteiger partial charge in [-0.15, -0.1) is 0 Å². The number of halogens is 1.